The smallest absolute Gasteiger partial charge is 0.227 e. The molecule has 0 amide bonds. The van der Waals surface area contributed by atoms with Crippen LogP contribution in [0.15, 0.2) is 54.6 Å². The highest BCUT2D eigenvalue weighted by molar-refractivity contribution is 5.43. The number of hydrogen-bond donors (Lipinski definition) is 1. The zero-order valence-electron chi connectivity index (χ0n) is 21.1. The lowest BCUT2D eigenvalue weighted by Crippen LogP contribution is -2.39. The van der Waals surface area contributed by atoms with E-state index in [0.29, 0.717) is 44.3 Å². The summed E-state index contributed by atoms with van der Waals surface area (Å²) in [5.41, 5.74) is 2.72. The van der Waals surface area contributed by atoms with Gasteiger partial charge in [0.25, 0.3) is 0 Å². The summed E-state index contributed by atoms with van der Waals surface area (Å²) in [5.74, 6) is 0.792. The van der Waals surface area contributed by atoms with Gasteiger partial charge in [0.2, 0.25) is 5.88 Å². The Kier molecular flexibility index (Phi) is 9.47. The van der Waals surface area contributed by atoms with E-state index in [-0.39, 0.29) is 18.5 Å². The number of aliphatic hydroxyl groups is 1. The summed E-state index contributed by atoms with van der Waals surface area (Å²) in [7, 11) is 0. The minimum absolute atomic E-state index is 0.125. The quantitative estimate of drug-likeness (QED) is 0.368. The molecule has 1 aliphatic heterocycles. The van der Waals surface area contributed by atoms with Gasteiger partial charge in [-0.25, -0.2) is 9.07 Å². The SMILES string of the molecule is CCOC[C@@H](O)CN(Cc1c(CC)nn(-c2ccccc2)c1Oc1ccc(F)cc1)C[C@H]1CCCO1. The van der Waals surface area contributed by atoms with Gasteiger partial charge in [0, 0.05) is 32.8 Å². The fourth-order valence-electron chi connectivity index (χ4n) is 4.49. The van der Waals surface area contributed by atoms with E-state index in [1.165, 1.54) is 12.1 Å². The second-order valence-electron chi connectivity index (χ2n) is 9.03. The predicted molar refractivity (Wildman–Crippen MR) is 136 cm³/mol. The minimum Gasteiger partial charge on any atom is -0.439 e. The van der Waals surface area contributed by atoms with Crippen molar-refractivity contribution in [3.8, 4) is 17.3 Å². The molecule has 0 aliphatic carbocycles. The number of nitrogens with zero attached hydrogens (tertiary/aromatic N) is 3. The molecule has 8 heteroatoms. The fourth-order valence-corrected chi connectivity index (χ4v) is 4.49. The molecule has 0 unspecified atom stereocenters. The summed E-state index contributed by atoms with van der Waals surface area (Å²) in [6, 6.07) is 15.8. The lowest BCUT2D eigenvalue weighted by atomic mass is 10.1. The van der Waals surface area contributed by atoms with E-state index >= 15 is 0 Å². The van der Waals surface area contributed by atoms with Crippen molar-refractivity contribution in [2.45, 2.75) is 51.9 Å². The lowest BCUT2D eigenvalue weighted by Gasteiger charge is -2.27. The second-order valence-corrected chi connectivity index (χ2v) is 9.03. The van der Waals surface area contributed by atoms with Crippen molar-refractivity contribution in [2.75, 3.05) is 32.9 Å². The Labute approximate surface area is 212 Å². The third-order valence-electron chi connectivity index (χ3n) is 6.23. The average Bonchev–Trinajstić information content (AvgIpc) is 3.52. The first-order chi connectivity index (χ1) is 17.6. The molecule has 3 aromatic rings. The highest BCUT2D eigenvalue weighted by Crippen LogP contribution is 2.32. The Morgan fingerprint density at radius 1 is 1.17 bits per heavy atom. The maximum atomic E-state index is 13.6. The number of aromatic nitrogens is 2. The predicted octanol–water partition coefficient (Wildman–Crippen LogP) is 4.74. The van der Waals surface area contributed by atoms with Gasteiger partial charge >= 0.3 is 0 Å². The van der Waals surface area contributed by atoms with Crippen LogP contribution in [-0.2, 0) is 22.4 Å². The molecule has 1 N–H and O–H groups in total. The molecule has 0 saturated carbocycles. The zero-order valence-corrected chi connectivity index (χ0v) is 21.1. The van der Waals surface area contributed by atoms with Crippen LogP contribution in [0.1, 0.15) is 37.9 Å². The average molecular weight is 498 g/mol. The molecular weight excluding hydrogens is 461 g/mol. The third-order valence-corrected chi connectivity index (χ3v) is 6.23. The number of aryl methyl sites for hydroxylation is 1. The molecule has 1 aromatic heterocycles. The molecule has 1 saturated heterocycles. The topological polar surface area (TPSA) is 69.0 Å². The van der Waals surface area contributed by atoms with Gasteiger partial charge in [-0.05, 0) is 62.6 Å². The van der Waals surface area contributed by atoms with Crippen LogP contribution < -0.4 is 4.74 Å². The Hall–Kier alpha value is -2.78. The molecule has 1 fully saturated rings. The van der Waals surface area contributed by atoms with Gasteiger partial charge in [-0.3, -0.25) is 4.90 Å². The molecule has 1 aliphatic rings. The largest absolute Gasteiger partial charge is 0.439 e. The van der Waals surface area contributed by atoms with Crippen molar-refractivity contribution in [2.24, 2.45) is 0 Å². The third kappa shape index (κ3) is 6.91. The number of halogens is 1. The monoisotopic (exact) mass is 497 g/mol. The second kappa shape index (κ2) is 13.0. The highest BCUT2D eigenvalue weighted by atomic mass is 19.1. The molecule has 2 heterocycles. The number of benzene rings is 2. The molecular formula is C28H36FN3O4. The molecule has 0 bridgehead atoms. The maximum Gasteiger partial charge on any atom is 0.227 e. The number of para-hydroxylation sites is 1. The number of rotatable bonds is 13. The van der Waals surface area contributed by atoms with Gasteiger partial charge < -0.3 is 19.3 Å². The van der Waals surface area contributed by atoms with Crippen molar-refractivity contribution in [3.63, 3.8) is 0 Å². The van der Waals surface area contributed by atoms with Gasteiger partial charge in [-0.15, -0.1) is 0 Å². The normalized spacial score (nSPS) is 16.5. The first kappa shape index (κ1) is 26.3. The van der Waals surface area contributed by atoms with Crippen LogP contribution in [0.25, 0.3) is 5.69 Å². The van der Waals surface area contributed by atoms with Crippen molar-refractivity contribution in [1.29, 1.82) is 0 Å². The molecule has 194 valence electrons. The van der Waals surface area contributed by atoms with E-state index in [4.69, 9.17) is 19.3 Å². The van der Waals surface area contributed by atoms with Crippen molar-refractivity contribution in [3.05, 3.63) is 71.7 Å². The van der Waals surface area contributed by atoms with Crippen molar-refractivity contribution < 1.29 is 23.7 Å². The van der Waals surface area contributed by atoms with E-state index in [2.05, 4.69) is 11.8 Å². The summed E-state index contributed by atoms with van der Waals surface area (Å²) >= 11 is 0. The van der Waals surface area contributed by atoms with Crippen molar-refractivity contribution in [1.82, 2.24) is 14.7 Å². The Balaban J connectivity index is 1.69. The van der Waals surface area contributed by atoms with Crippen LogP contribution in [0.3, 0.4) is 0 Å². The Bertz CT molecular complexity index is 1070. The standard InChI is InChI=1S/C28H36FN3O4/c1-3-27-26(19-31(17-23(33)20-34-4-2)18-25-11-8-16-35-25)28(36-24-14-12-21(29)13-15-24)32(30-27)22-9-6-5-7-10-22/h5-7,9-10,12-15,23,25,33H,3-4,8,11,16-20H2,1-2H3/t23-,25+/m0/s1. The van der Waals surface area contributed by atoms with Crippen LogP contribution >= 0.6 is 0 Å². The first-order valence-electron chi connectivity index (χ1n) is 12.8. The summed E-state index contributed by atoms with van der Waals surface area (Å²) < 4.78 is 33.1. The molecule has 0 radical (unpaired) electrons. The van der Waals surface area contributed by atoms with E-state index < -0.39 is 6.10 Å². The Morgan fingerprint density at radius 2 is 1.94 bits per heavy atom. The molecule has 36 heavy (non-hydrogen) atoms. The van der Waals surface area contributed by atoms with E-state index in [9.17, 15) is 9.50 Å². The highest BCUT2D eigenvalue weighted by Gasteiger charge is 2.26. The zero-order chi connectivity index (χ0) is 25.3. The summed E-state index contributed by atoms with van der Waals surface area (Å²) in [5, 5.41) is 15.5. The van der Waals surface area contributed by atoms with Crippen molar-refractivity contribution >= 4 is 0 Å². The minimum atomic E-state index is -0.623. The molecule has 2 atom stereocenters. The van der Waals surface area contributed by atoms with Gasteiger partial charge in [0.1, 0.15) is 11.6 Å². The van der Waals surface area contributed by atoms with E-state index in [1.54, 1.807) is 16.8 Å². The fraction of sp³-hybridized carbons (Fsp3) is 0.464. The molecule has 2 aromatic carbocycles. The van der Waals surface area contributed by atoms with Crippen LogP contribution in [-0.4, -0.2) is 64.9 Å². The Morgan fingerprint density at radius 3 is 2.61 bits per heavy atom. The summed E-state index contributed by atoms with van der Waals surface area (Å²) in [6.07, 6.45) is 2.26. The van der Waals surface area contributed by atoms with Crippen LogP contribution in [0.2, 0.25) is 0 Å². The lowest BCUT2D eigenvalue weighted by molar-refractivity contribution is 0.00496. The molecule has 0 spiro atoms. The number of ether oxygens (including phenoxy) is 3. The van der Waals surface area contributed by atoms with Gasteiger partial charge in [-0.2, -0.15) is 5.10 Å². The van der Waals surface area contributed by atoms with Gasteiger partial charge in [-0.1, -0.05) is 25.1 Å². The first-order valence-corrected chi connectivity index (χ1v) is 12.8. The van der Waals surface area contributed by atoms with E-state index in [0.717, 1.165) is 36.4 Å². The van der Waals surface area contributed by atoms with Crippen LogP contribution in [0.4, 0.5) is 4.39 Å². The maximum absolute atomic E-state index is 13.6. The van der Waals surface area contributed by atoms with Gasteiger partial charge in [0.15, 0.2) is 0 Å². The number of aliphatic hydroxyl groups excluding tert-OH is 1. The summed E-state index contributed by atoms with van der Waals surface area (Å²) in [6.45, 7) is 7.25. The van der Waals surface area contributed by atoms with E-state index in [1.807, 2.05) is 37.3 Å². The number of hydrogen-bond acceptors (Lipinski definition) is 6. The molecule has 4 rings (SSSR count). The van der Waals surface area contributed by atoms with Gasteiger partial charge in [0.05, 0.1) is 35.8 Å². The van der Waals surface area contributed by atoms with Crippen LogP contribution in [0.5, 0.6) is 11.6 Å². The molecule has 7 nitrogen and oxygen atoms in total. The summed E-state index contributed by atoms with van der Waals surface area (Å²) in [4.78, 5) is 2.20. The van der Waals surface area contributed by atoms with Crippen LogP contribution in [0, 0.1) is 5.82 Å².